The predicted octanol–water partition coefficient (Wildman–Crippen LogP) is 4.27. The summed E-state index contributed by atoms with van der Waals surface area (Å²) < 4.78 is 4.55. The fraction of sp³-hybridized carbons (Fsp3) is 0.500. The van der Waals surface area contributed by atoms with E-state index in [0.29, 0.717) is 18.2 Å². The van der Waals surface area contributed by atoms with Crippen LogP contribution < -0.4 is 5.32 Å². The molecule has 23 heavy (non-hydrogen) atoms. The summed E-state index contributed by atoms with van der Waals surface area (Å²) in [5, 5.41) is 7.36. The maximum absolute atomic E-state index is 11.2. The van der Waals surface area contributed by atoms with Crippen LogP contribution in [0.15, 0.2) is 23.4 Å². The van der Waals surface area contributed by atoms with Crippen molar-refractivity contribution in [2.24, 2.45) is 5.16 Å². The summed E-state index contributed by atoms with van der Waals surface area (Å²) in [6.07, 6.45) is -0.494. The first-order valence-electron chi connectivity index (χ1n) is 7.50. The van der Waals surface area contributed by atoms with E-state index in [1.807, 2.05) is 19.1 Å². The first-order chi connectivity index (χ1) is 10.7. The van der Waals surface area contributed by atoms with Crippen molar-refractivity contribution in [2.45, 2.75) is 39.2 Å². The zero-order chi connectivity index (χ0) is 17.5. The van der Waals surface area contributed by atoms with E-state index < -0.39 is 14.2 Å². The van der Waals surface area contributed by atoms with Crippen molar-refractivity contribution < 1.29 is 14.4 Å². The van der Waals surface area contributed by atoms with Crippen molar-refractivity contribution in [2.75, 3.05) is 13.7 Å². The number of alkyl carbamates (subject to hydrolysis) is 1. The number of benzene rings is 1. The van der Waals surface area contributed by atoms with Gasteiger partial charge in [0, 0.05) is 19.6 Å². The summed E-state index contributed by atoms with van der Waals surface area (Å²) in [6.45, 7) is 9.71. The van der Waals surface area contributed by atoms with E-state index in [0.717, 1.165) is 22.9 Å². The summed E-state index contributed by atoms with van der Waals surface area (Å²) in [5.41, 5.74) is 2.48. The van der Waals surface area contributed by atoms with Gasteiger partial charge >= 0.3 is 6.09 Å². The monoisotopic (exact) mass is 356 g/mol. The lowest BCUT2D eigenvalue weighted by Gasteiger charge is -2.14. The highest BCUT2D eigenvalue weighted by Crippen LogP contribution is 2.18. The Kier molecular flexibility index (Phi) is 7.58. The number of nitrogens with zero attached hydrogens (tertiary/aromatic N) is 1. The summed E-state index contributed by atoms with van der Waals surface area (Å²) >= 11 is 6.15. The van der Waals surface area contributed by atoms with Crippen LogP contribution in [0.5, 0.6) is 0 Å². The first-order valence-corrected chi connectivity index (χ1v) is 11.6. The largest absolute Gasteiger partial charge is 0.453 e. The van der Waals surface area contributed by atoms with Gasteiger partial charge in [0.25, 0.3) is 0 Å². The Balaban J connectivity index is 2.70. The van der Waals surface area contributed by atoms with Gasteiger partial charge in [-0.05, 0) is 36.2 Å². The molecule has 0 radical (unpaired) electrons. The second-order valence-corrected chi connectivity index (χ2v) is 12.5. The van der Waals surface area contributed by atoms with E-state index >= 15 is 0 Å². The van der Waals surface area contributed by atoms with E-state index in [4.69, 9.17) is 16.4 Å². The normalized spacial score (nSPS) is 12.0. The molecule has 0 aromatic heterocycles. The van der Waals surface area contributed by atoms with Crippen LogP contribution in [-0.2, 0) is 16.1 Å². The highest BCUT2D eigenvalue weighted by Gasteiger charge is 2.12. The molecule has 0 aliphatic heterocycles. The van der Waals surface area contributed by atoms with Crippen molar-refractivity contribution in [3.8, 4) is 0 Å². The quantitative estimate of drug-likeness (QED) is 0.343. The molecule has 0 spiro atoms. The van der Waals surface area contributed by atoms with Crippen LogP contribution in [-0.4, -0.2) is 33.6 Å². The highest BCUT2D eigenvalue weighted by molar-refractivity contribution is 6.76. The third-order valence-corrected chi connectivity index (χ3v) is 5.29. The maximum atomic E-state index is 11.2. The molecule has 1 amide bonds. The van der Waals surface area contributed by atoms with E-state index in [2.05, 4.69) is 34.9 Å². The van der Waals surface area contributed by atoms with E-state index in [-0.39, 0.29) is 0 Å². The minimum Gasteiger partial charge on any atom is -0.453 e. The topological polar surface area (TPSA) is 59.9 Å². The number of halogens is 1. The molecular formula is C16H25ClN2O3Si. The van der Waals surface area contributed by atoms with E-state index in [1.165, 1.54) is 7.11 Å². The van der Waals surface area contributed by atoms with Gasteiger partial charge in [-0.2, -0.15) is 0 Å². The van der Waals surface area contributed by atoms with Crippen LogP contribution in [0.4, 0.5) is 4.79 Å². The zero-order valence-corrected chi connectivity index (χ0v) is 16.2. The van der Waals surface area contributed by atoms with Crippen molar-refractivity contribution in [1.29, 1.82) is 0 Å². The SMILES string of the molecule is COC(=O)NCc1cc(/C(C)=N/OCC[Si](C)(C)C)ccc1Cl. The van der Waals surface area contributed by atoms with Gasteiger partial charge < -0.3 is 14.9 Å². The second-order valence-electron chi connectivity index (χ2n) is 6.47. The number of ether oxygens (including phenoxy) is 1. The van der Waals surface area contributed by atoms with Gasteiger partial charge in [0.2, 0.25) is 0 Å². The molecule has 0 aliphatic rings. The molecule has 1 N–H and O–H groups in total. The number of hydrogen-bond acceptors (Lipinski definition) is 4. The van der Waals surface area contributed by atoms with Crippen molar-refractivity contribution >= 4 is 31.5 Å². The predicted molar refractivity (Wildman–Crippen MR) is 97.0 cm³/mol. The molecule has 0 aliphatic carbocycles. The third-order valence-electron chi connectivity index (χ3n) is 3.22. The molecule has 1 aromatic rings. The average molecular weight is 357 g/mol. The number of hydrogen-bond donors (Lipinski definition) is 1. The molecule has 0 fully saturated rings. The van der Waals surface area contributed by atoms with Crippen LogP contribution >= 0.6 is 11.6 Å². The number of carbonyl (C=O) groups is 1. The van der Waals surface area contributed by atoms with Crippen LogP contribution in [0, 0.1) is 0 Å². The fourth-order valence-electron chi connectivity index (χ4n) is 1.72. The fourth-order valence-corrected chi connectivity index (χ4v) is 2.61. The van der Waals surface area contributed by atoms with Crippen molar-refractivity contribution in [3.05, 3.63) is 34.3 Å². The standard InChI is InChI=1S/C16H25ClN2O3Si/c1-12(19-22-8-9-23(3,4)5)13-6-7-15(17)14(10-13)11-18-16(20)21-2/h6-7,10H,8-9,11H2,1-5H3,(H,18,20)/b19-12+. The smallest absolute Gasteiger partial charge is 0.407 e. The van der Waals surface area contributed by atoms with Gasteiger partial charge in [0.15, 0.2) is 0 Å². The number of nitrogens with one attached hydrogen (secondary N) is 1. The Morgan fingerprint density at radius 1 is 1.35 bits per heavy atom. The number of oxime groups is 1. The summed E-state index contributed by atoms with van der Waals surface area (Å²) in [7, 11) is 0.208. The summed E-state index contributed by atoms with van der Waals surface area (Å²) in [4.78, 5) is 16.6. The minimum atomic E-state index is -1.11. The summed E-state index contributed by atoms with van der Waals surface area (Å²) in [5.74, 6) is 0. The Bertz CT molecular complexity index is 571. The number of rotatable bonds is 7. The Labute approximate surface area is 144 Å². The lowest BCUT2D eigenvalue weighted by Crippen LogP contribution is -2.22. The molecule has 0 bridgehead atoms. The lowest BCUT2D eigenvalue weighted by molar-refractivity contribution is 0.158. The number of amides is 1. The molecule has 0 unspecified atom stereocenters. The van der Waals surface area contributed by atoms with Gasteiger partial charge in [-0.1, -0.05) is 42.5 Å². The number of carbonyl (C=O) groups excluding carboxylic acids is 1. The van der Waals surface area contributed by atoms with Crippen molar-refractivity contribution in [1.82, 2.24) is 5.32 Å². The van der Waals surface area contributed by atoms with Gasteiger partial charge in [0.1, 0.15) is 6.61 Å². The molecule has 0 heterocycles. The molecule has 5 nitrogen and oxygen atoms in total. The molecule has 0 saturated carbocycles. The average Bonchev–Trinajstić information content (AvgIpc) is 2.49. The first kappa shape index (κ1) is 19.5. The molecular weight excluding hydrogens is 332 g/mol. The van der Waals surface area contributed by atoms with Gasteiger partial charge in [0.05, 0.1) is 12.8 Å². The lowest BCUT2D eigenvalue weighted by atomic mass is 10.1. The molecule has 0 atom stereocenters. The molecule has 0 saturated heterocycles. The van der Waals surface area contributed by atoms with Crippen LogP contribution in [0.3, 0.4) is 0 Å². The Morgan fingerprint density at radius 2 is 2.04 bits per heavy atom. The Morgan fingerprint density at radius 3 is 2.65 bits per heavy atom. The van der Waals surface area contributed by atoms with Gasteiger partial charge in [-0.15, -0.1) is 0 Å². The third kappa shape index (κ3) is 7.52. The van der Waals surface area contributed by atoms with Crippen LogP contribution in [0.1, 0.15) is 18.1 Å². The number of methoxy groups -OCH3 is 1. The van der Waals surface area contributed by atoms with E-state index in [9.17, 15) is 4.79 Å². The molecule has 1 aromatic carbocycles. The minimum absolute atomic E-state index is 0.295. The van der Waals surface area contributed by atoms with Gasteiger partial charge in [-0.3, -0.25) is 0 Å². The molecule has 1 rings (SSSR count). The summed E-state index contributed by atoms with van der Waals surface area (Å²) in [6, 6.07) is 6.62. The van der Waals surface area contributed by atoms with E-state index in [1.54, 1.807) is 6.07 Å². The maximum Gasteiger partial charge on any atom is 0.407 e. The van der Waals surface area contributed by atoms with Crippen LogP contribution in [0.2, 0.25) is 30.7 Å². The highest BCUT2D eigenvalue weighted by atomic mass is 35.5. The van der Waals surface area contributed by atoms with Crippen molar-refractivity contribution in [3.63, 3.8) is 0 Å². The molecule has 7 heteroatoms. The van der Waals surface area contributed by atoms with Gasteiger partial charge in [-0.25, -0.2) is 4.79 Å². The van der Waals surface area contributed by atoms with Crippen LogP contribution in [0.25, 0.3) is 0 Å². The molecule has 128 valence electrons. The second kappa shape index (κ2) is 8.93. The Hall–Kier alpha value is -1.53. The zero-order valence-electron chi connectivity index (χ0n) is 14.4.